The van der Waals surface area contributed by atoms with Crippen molar-refractivity contribution < 1.29 is 14.3 Å². The van der Waals surface area contributed by atoms with E-state index in [4.69, 9.17) is 4.74 Å². The summed E-state index contributed by atoms with van der Waals surface area (Å²) in [5.41, 5.74) is 0.575. The van der Waals surface area contributed by atoms with Crippen LogP contribution in [0.1, 0.15) is 24.2 Å². The van der Waals surface area contributed by atoms with Crippen LogP contribution in [-0.4, -0.2) is 43.0 Å². The Bertz CT molecular complexity index is 496. The zero-order valence-electron chi connectivity index (χ0n) is 12.1. The van der Waals surface area contributed by atoms with Gasteiger partial charge in [-0.2, -0.15) is 0 Å². The largest absolute Gasteiger partial charge is 0.497 e. The van der Waals surface area contributed by atoms with Crippen molar-refractivity contribution in [2.45, 2.75) is 19.9 Å². The predicted octanol–water partition coefficient (Wildman–Crippen LogP) is 1.29. The van der Waals surface area contributed by atoms with Crippen LogP contribution in [0.25, 0.3) is 0 Å². The first-order chi connectivity index (χ1) is 9.54. The fourth-order valence-electron chi connectivity index (χ4n) is 2.47. The van der Waals surface area contributed by atoms with Crippen LogP contribution in [-0.2, 0) is 4.79 Å². The number of piperazine rings is 1. The van der Waals surface area contributed by atoms with E-state index >= 15 is 0 Å². The van der Waals surface area contributed by atoms with Crippen LogP contribution in [0, 0.1) is 5.92 Å². The van der Waals surface area contributed by atoms with E-state index in [1.165, 1.54) is 0 Å². The quantitative estimate of drug-likeness (QED) is 0.905. The van der Waals surface area contributed by atoms with Crippen LogP contribution in [0.4, 0.5) is 0 Å². The van der Waals surface area contributed by atoms with Crippen LogP contribution in [0.5, 0.6) is 5.75 Å². The van der Waals surface area contributed by atoms with Gasteiger partial charge in [-0.15, -0.1) is 0 Å². The first-order valence-electron chi connectivity index (χ1n) is 6.77. The average molecular weight is 276 g/mol. The molecule has 1 fully saturated rings. The molecule has 1 N–H and O–H groups in total. The number of carbonyl (C=O) groups is 2. The van der Waals surface area contributed by atoms with Gasteiger partial charge in [-0.25, -0.2) is 0 Å². The molecule has 0 aromatic heterocycles. The van der Waals surface area contributed by atoms with Crippen LogP contribution in [0.2, 0.25) is 0 Å². The highest BCUT2D eigenvalue weighted by Gasteiger charge is 2.35. The van der Waals surface area contributed by atoms with Gasteiger partial charge in [0.15, 0.2) is 0 Å². The molecule has 0 bridgehead atoms. The molecule has 20 heavy (non-hydrogen) atoms. The van der Waals surface area contributed by atoms with Gasteiger partial charge in [-0.3, -0.25) is 9.59 Å². The highest BCUT2D eigenvalue weighted by Crippen LogP contribution is 2.19. The Kier molecular flexibility index (Phi) is 4.27. The summed E-state index contributed by atoms with van der Waals surface area (Å²) in [6.45, 7) is 4.94. The molecule has 2 rings (SSSR count). The molecule has 0 radical (unpaired) electrons. The van der Waals surface area contributed by atoms with Gasteiger partial charge in [0, 0.05) is 18.7 Å². The molecule has 1 saturated heterocycles. The van der Waals surface area contributed by atoms with Crippen LogP contribution >= 0.6 is 0 Å². The number of nitrogens with one attached hydrogen (secondary N) is 1. The Morgan fingerprint density at radius 1 is 1.35 bits per heavy atom. The van der Waals surface area contributed by atoms with Crippen molar-refractivity contribution in [3.63, 3.8) is 0 Å². The second-order valence-corrected chi connectivity index (χ2v) is 5.21. The van der Waals surface area contributed by atoms with Crippen molar-refractivity contribution in [3.8, 4) is 5.75 Å². The van der Waals surface area contributed by atoms with E-state index in [0.29, 0.717) is 24.4 Å². The average Bonchev–Trinajstić information content (AvgIpc) is 2.46. The molecule has 0 aliphatic carbocycles. The molecular formula is C15H20N2O3. The van der Waals surface area contributed by atoms with Crippen molar-refractivity contribution in [2.24, 2.45) is 5.92 Å². The number of carbonyl (C=O) groups excluding carboxylic acids is 2. The maximum Gasteiger partial charge on any atom is 0.254 e. The number of benzene rings is 1. The maximum absolute atomic E-state index is 12.6. The number of rotatable bonds is 3. The Morgan fingerprint density at radius 3 is 2.55 bits per heavy atom. The van der Waals surface area contributed by atoms with Gasteiger partial charge in [0.25, 0.3) is 5.91 Å². The van der Waals surface area contributed by atoms with Crippen molar-refractivity contribution >= 4 is 11.8 Å². The molecule has 1 aromatic carbocycles. The van der Waals surface area contributed by atoms with E-state index in [1.54, 1.807) is 36.3 Å². The lowest BCUT2D eigenvalue weighted by Gasteiger charge is -2.37. The summed E-state index contributed by atoms with van der Waals surface area (Å²) < 4.78 is 5.08. The van der Waals surface area contributed by atoms with Crippen molar-refractivity contribution in [3.05, 3.63) is 29.8 Å². The van der Waals surface area contributed by atoms with Crippen molar-refractivity contribution in [1.29, 1.82) is 0 Å². The molecule has 2 amide bonds. The van der Waals surface area contributed by atoms with Gasteiger partial charge >= 0.3 is 0 Å². The van der Waals surface area contributed by atoms with E-state index < -0.39 is 6.04 Å². The topological polar surface area (TPSA) is 58.6 Å². The number of hydrogen-bond donors (Lipinski definition) is 1. The molecule has 1 aromatic rings. The van der Waals surface area contributed by atoms with Crippen molar-refractivity contribution in [1.82, 2.24) is 10.2 Å². The molecule has 1 aliphatic heterocycles. The molecule has 0 saturated carbocycles. The monoisotopic (exact) mass is 276 g/mol. The third-order valence-electron chi connectivity index (χ3n) is 3.49. The van der Waals surface area contributed by atoms with E-state index in [9.17, 15) is 9.59 Å². The lowest BCUT2D eigenvalue weighted by atomic mass is 9.98. The predicted molar refractivity (Wildman–Crippen MR) is 75.7 cm³/mol. The minimum Gasteiger partial charge on any atom is -0.497 e. The molecule has 1 unspecified atom stereocenters. The molecule has 0 spiro atoms. The van der Waals surface area contributed by atoms with Gasteiger partial charge in [0.05, 0.1) is 7.11 Å². The lowest BCUT2D eigenvalue weighted by Crippen LogP contribution is -2.59. The van der Waals surface area contributed by atoms with Crippen LogP contribution in [0.15, 0.2) is 24.3 Å². The summed E-state index contributed by atoms with van der Waals surface area (Å²) in [6.07, 6.45) is 0. The molecule has 5 heteroatoms. The first-order valence-corrected chi connectivity index (χ1v) is 6.77. The third-order valence-corrected chi connectivity index (χ3v) is 3.49. The number of amides is 2. The van der Waals surface area contributed by atoms with Crippen LogP contribution in [0.3, 0.4) is 0 Å². The fraction of sp³-hybridized carbons (Fsp3) is 0.467. The molecular weight excluding hydrogens is 256 g/mol. The molecule has 1 aliphatic rings. The second-order valence-electron chi connectivity index (χ2n) is 5.21. The zero-order chi connectivity index (χ0) is 14.7. The summed E-state index contributed by atoms with van der Waals surface area (Å²) in [6, 6.07) is 6.55. The number of nitrogens with zero attached hydrogens (tertiary/aromatic N) is 1. The Morgan fingerprint density at radius 2 is 2.00 bits per heavy atom. The van der Waals surface area contributed by atoms with Gasteiger partial charge in [0.1, 0.15) is 11.8 Å². The van der Waals surface area contributed by atoms with Crippen molar-refractivity contribution in [2.75, 3.05) is 20.2 Å². The number of methoxy groups -OCH3 is 1. The van der Waals surface area contributed by atoms with Gasteiger partial charge in [-0.05, 0) is 30.2 Å². The Balaban J connectivity index is 2.23. The summed E-state index contributed by atoms with van der Waals surface area (Å²) in [5, 5.41) is 2.82. The van der Waals surface area contributed by atoms with E-state index in [0.717, 1.165) is 0 Å². The SMILES string of the molecule is COc1ccc(C(=O)N2CCNC(=O)C2C(C)C)cc1. The number of hydrogen-bond acceptors (Lipinski definition) is 3. The minimum absolute atomic E-state index is 0.0758. The second kappa shape index (κ2) is 5.94. The Hall–Kier alpha value is -2.04. The summed E-state index contributed by atoms with van der Waals surface area (Å²) >= 11 is 0. The summed E-state index contributed by atoms with van der Waals surface area (Å²) in [7, 11) is 1.58. The van der Waals surface area contributed by atoms with E-state index in [2.05, 4.69) is 5.32 Å². The smallest absolute Gasteiger partial charge is 0.254 e. The van der Waals surface area contributed by atoms with E-state index in [-0.39, 0.29) is 17.7 Å². The van der Waals surface area contributed by atoms with E-state index in [1.807, 2.05) is 13.8 Å². The molecule has 1 heterocycles. The lowest BCUT2D eigenvalue weighted by molar-refractivity contribution is -0.129. The summed E-state index contributed by atoms with van der Waals surface area (Å²) in [4.78, 5) is 26.2. The van der Waals surface area contributed by atoms with Gasteiger partial charge in [-0.1, -0.05) is 13.8 Å². The van der Waals surface area contributed by atoms with Gasteiger partial charge < -0.3 is 15.0 Å². The zero-order valence-corrected chi connectivity index (χ0v) is 12.1. The highest BCUT2D eigenvalue weighted by molar-refractivity contribution is 5.98. The molecule has 108 valence electrons. The normalized spacial score (nSPS) is 18.9. The standard InChI is InChI=1S/C15H20N2O3/c1-10(2)13-14(18)16-8-9-17(13)15(19)11-4-6-12(20-3)7-5-11/h4-7,10,13H,8-9H2,1-3H3,(H,16,18). The van der Waals surface area contributed by atoms with Gasteiger partial charge in [0.2, 0.25) is 5.91 Å². The molecule has 5 nitrogen and oxygen atoms in total. The third kappa shape index (κ3) is 2.76. The Labute approximate surface area is 118 Å². The highest BCUT2D eigenvalue weighted by atomic mass is 16.5. The molecule has 1 atom stereocenters. The first kappa shape index (κ1) is 14.4. The fourth-order valence-corrected chi connectivity index (χ4v) is 2.47. The minimum atomic E-state index is -0.404. The van der Waals surface area contributed by atoms with Crippen LogP contribution < -0.4 is 10.1 Å². The summed E-state index contributed by atoms with van der Waals surface area (Å²) in [5.74, 6) is 0.602. The number of ether oxygens (including phenoxy) is 1. The maximum atomic E-state index is 12.6.